The summed E-state index contributed by atoms with van der Waals surface area (Å²) >= 11 is 6.13. The van der Waals surface area contributed by atoms with Gasteiger partial charge in [0.1, 0.15) is 0 Å². The Morgan fingerprint density at radius 1 is 1.56 bits per heavy atom. The third-order valence-corrected chi connectivity index (χ3v) is 3.05. The van der Waals surface area contributed by atoms with Gasteiger partial charge in [-0.05, 0) is 24.7 Å². The molecule has 0 heterocycles. The highest BCUT2D eigenvalue weighted by molar-refractivity contribution is 6.21. The topological polar surface area (TPSA) is 0 Å². The maximum absolute atomic E-state index is 6.13. The molecule has 1 aliphatic carbocycles. The molecular formula is C8H15Cl. The van der Waals surface area contributed by atoms with Crippen LogP contribution >= 0.6 is 11.6 Å². The number of rotatable bonds is 3. The molecule has 9 heavy (non-hydrogen) atoms. The van der Waals surface area contributed by atoms with Crippen LogP contribution in [0.15, 0.2) is 0 Å². The van der Waals surface area contributed by atoms with Crippen molar-refractivity contribution < 1.29 is 0 Å². The van der Waals surface area contributed by atoms with Gasteiger partial charge in [0.25, 0.3) is 0 Å². The van der Waals surface area contributed by atoms with E-state index in [0.717, 1.165) is 11.8 Å². The lowest BCUT2D eigenvalue weighted by Crippen LogP contribution is -2.12. The third kappa shape index (κ3) is 1.86. The van der Waals surface area contributed by atoms with Crippen LogP contribution in [0.25, 0.3) is 0 Å². The monoisotopic (exact) mass is 146 g/mol. The van der Waals surface area contributed by atoms with E-state index < -0.39 is 0 Å². The van der Waals surface area contributed by atoms with E-state index in [2.05, 4.69) is 13.8 Å². The summed E-state index contributed by atoms with van der Waals surface area (Å²) in [6.45, 7) is 4.46. The molecule has 1 heteroatoms. The molecule has 0 spiro atoms. The largest absolute Gasteiger partial charge is 0.122 e. The molecule has 0 bridgehead atoms. The van der Waals surface area contributed by atoms with Crippen molar-refractivity contribution in [2.45, 2.75) is 38.5 Å². The summed E-state index contributed by atoms with van der Waals surface area (Å²) < 4.78 is 0. The fraction of sp³-hybridized carbons (Fsp3) is 1.00. The molecule has 1 aliphatic rings. The Morgan fingerprint density at radius 3 is 2.44 bits per heavy atom. The van der Waals surface area contributed by atoms with E-state index in [9.17, 15) is 0 Å². The maximum Gasteiger partial charge on any atom is 0.0389 e. The second kappa shape index (κ2) is 2.92. The van der Waals surface area contributed by atoms with Crippen LogP contribution in [0.1, 0.15) is 33.1 Å². The zero-order valence-electron chi connectivity index (χ0n) is 6.23. The van der Waals surface area contributed by atoms with Crippen LogP contribution in [-0.4, -0.2) is 5.38 Å². The first-order chi connectivity index (χ1) is 4.25. The van der Waals surface area contributed by atoms with Gasteiger partial charge in [-0.3, -0.25) is 0 Å². The second-order valence-electron chi connectivity index (χ2n) is 3.17. The fourth-order valence-corrected chi connectivity index (χ4v) is 1.53. The molecule has 0 aliphatic heterocycles. The van der Waals surface area contributed by atoms with Gasteiger partial charge in [-0.25, -0.2) is 0 Å². The molecule has 0 N–H and O–H groups in total. The van der Waals surface area contributed by atoms with Crippen LogP contribution in [0.5, 0.6) is 0 Å². The second-order valence-corrected chi connectivity index (χ2v) is 3.67. The molecular weight excluding hydrogens is 132 g/mol. The highest BCUT2D eigenvalue weighted by Gasteiger charge is 2.32. The molecule has 54 valence electrons. The molecule has 0 aromatic heterocycles. The van der Waals surface area contributed by atoms with Crippen molar-refractivity contribution in [2.75, 3.05) is 0 Å². The van der Waals surface area contributed by atoms with E-state index in [1.165, 1.54) is 19.3 Å². The van der Waals surface area contributed by atoms with Crippen molar-refractivity contribution in [1.82, 2.24) is 0 Å². The lowest BCUT2D eigenvalue weighted by Gasteiger charge is -2.14. The Hall–Kier alpha value is 0.290. The number of hydrogen-bond acceptors (Lipinski definition) is 0. The fourth-order valence-electron chi connectivity index (χ4n) is 1.10. The van der Waals surface area contributed by atoms with E-state index in [-0.39, 0.29) is 0 Å². The SMILES string of the molecule is CCC(C)C(Cl)C1CC1. The minimum Gasteiger partial charge on any atom is -0.122 e. The van der Waals surface area contributed by atoms with Gasteiger partial charge >= 0.3 is 0 Å². The molecule has 0 nitrogen and oxygen atoms in total. The average Bonchev–Trinajstić information content (AvgIpc) is 2.66. The van der Waals surface area contributed by atoms with Crippen LogP contribution in [0.4, 0.5) is 0 Å². The Labute approximate surface area is 62.6 Å². The molecule has 2 unspecified atom stereocenters. The quantitative estimate of drug-likeness (QED) is 0.537. The number of alkyl halides is 1. The minimum absolute atomic E-state index is 0.468. The van der Waals surface area contributed by atoms with Crippen LogP contribution in [-0.2, 0) is 0 Å². The van der Waals surface area contributed by atoms with Crippen molar-refractivity contribution in [3.8, 4) is 0 Å². The van der Waals surface area contributed by atoms with E-state index in [1.54, 1.807) is 0 Å². The van der Waals surface area contributed by atoms with Crippen molar-refractivity contribution >= 4 is 11.6 Å². The third-order valence-electron chi connectivity index (χ3n) is 2.26. The van der Waals surface area contributed by atoms with Gasteiger partial charge in [-0.2, -0.15) is 0 Å². The summed E-state index contributed by atoms with van der Waals surface area (Å²) in [5, 5.41) is 0.468. The van der Waals surface area contributed by atoms with Crippen LogP contribution in [0.3, 0.4) is 0 Å². The molecule has 0 saturated heterocycles. The van der Waals surface area contributed by atoms with Gasteiger partial charge in [-0.15, -0.1) is 11.6 Å². The Morgan fingerprint density at radius 2 is 2.11 bits per heavy atom. The van der Waals surface area contributed by atoms with Crippen molar-refractivity contribution in [3.05, 3.63) is 0 Å². The summed E-state index contributed by atoms with van der Waals surface area (Å²) in [7, 11) is 0. The molecule has 1 saturated carbocycles. The van der Waals surface area contributed by atoms with E-state index >= 15 is 0 Å². The van der Waals surface area contributed by atoms with Gasteiger partial charge in [0, 0.05) is 5.38 Å². The standard InChI is InChI=1S/C8H15Cl/c1-3-6(2)8(9)7-4-5-7/h6-8H,3-5H2,1-2H3. The van der Waals surface area contributed by atoms with Gasteiger partial charge in [0.05, 0.1) is 0 Å². The van der Waals surface area contributed by atoms with Crippen LogP contribution in [0.2, 0.25) is 0 Å². The minimum atomic E-state index is 0.468. The molecule has 0 aromatic carbocycles. The molecule has 0 amide bonds. The zero-order valence-corrected chi connectivity index (χ0v) is 6.99. The van der Waals surface area contributed by atoms with Crippen molar-refractivity contribution in [3.63, 3.8) is 0 Å². The summed E-state index contributed by atoms with van der Waals surface area (Å²) in [6, 6.07) is 0. The molecule has 1 fully saturated rings. The van der Waals surface area contributed by atoms with Gasteiger partial charge in [0.2, 0.25) is 0 Å². The van der Waals surface area contributed by atoms with E-state index in [4.69, 9.17) is 11.6 Å². The molecule has 2 atom stereocenters. The van der Waals surface area contributed by atoms with E-state index in [0.29, 0.717) is 5.38 Å². The Kier molecular flexibility index (Phi) is 2.40. The average molecular weight is 147 g/mol. The van der Waals surface area contributed by atoms with Gasteiger partial charge < -0.3 is 0 Å². The summed E-state index contributed by atoms with van der Waals surface area (Å²) in [5.74, 6) is 1.58. The Balaban J connectivity index is 2.22. The predicted octanol–water partition coefficient (Wildman–Crippen LogP) is 3.05. The number of hydrogen-bond donors (Lipinski definition) is 0. The highest BCUT2D eigenvalue weighted by Crippen LogP contribution is 2.39. The summed E-state index contributed by atoms with van der Waals surface area (Å²) in [5.41, 5.74) is 0. The van der Waals surface area contributed by atoms with Gasteiger partial charge in [-0.1, -0.05) is 20.3 Å². The lowest BCUT2D eigenvalue weighted by atomic mass is 10.0. The maximum atomic E-state index is 6.13. The lowest BCUT2D eigenvalue weighted by molar-refractivity contribution is 0.491. The normalized spacial score (nSPS) is 25.7. The van der Waals surface area contributed by atoms with Crippen molar-refractivity contribution in [2.24, 2.45) is 11.8 Å². The summed E-state index contributed by atoms with van der Waals surface area (Å²) in [6.07, 6.45) is 3.97. The van der Waals surface area contributed by atoms with Crippen LogP contribution < -0.4 is 0 Å². The first-order valence-corrected chi connectivity index (χ1v) is 4.33. The molecule has 0 aromatic rings. The number of halogens is 1. The smallest absolute Gasteiger partial charge is 0.0389 e. The van der Waals surface area contributed by atoms with Gasteiger partial charge in [0.15, 0.2) is 0 Å². The molecule has 0 radical (unpaired) electrons. The zero-order chi connectivity index (χ0) is 6.85. The van der Waals surface area contributed by atoms with E-state index in [1.807, 2.05) is 0 Å². The molecule has 1 rings (SSSR count). The summed E-state index contributed by atoms with van der Waals surface area (Å²) in [4.78, 5) is 0. The van der Waals surface area contributed by atoms with Crippen molar-refractivity contribution in [1.29, 1.82) is 0 Å². The first kappa shape index (κ1) is 7.40. The first-order valence-electron chi connectivity index (χ1n) is 3.89. The van der Waals surface area contributed by atoms with Crippen LogP contribution in [0, 0.1) is 11.8 Å². The highest BCUT2D eigenvalue weighted by atomic mass is 35.5. The predicted molar refractivity (Wildman–Crippen MR) is 41.8 cm³/mol. The Bertz CT molecular complexity index is 86.6.